The summed E-state index contributed by atoms with van der Waals surface area (Å²) < 4.78 is 13.2. The zero-order valence-corrected chi connectivity index (χ0v) is 14.7. The fourth-order valence-electron chi connectivity index (χ4n) is 2.97. The SMILES string of the molecule is Cc1ccc(C(=O)NC2CCN(C(=O)Nc3cccc(F)c3)CC2)cc1. The molecule has 5 nitrogen and oxygen atoms in total. The summed E-state index contributed by atoms with van der Waals surface area (Å²) >= 11 is 0. The van der Waals surface area contributed by atoms with Gasteiger partial charge in [-0.2, -0.15) is 0 Å². The van der Waals surface area contributed by atoms with Crippen LogP contribution in [0.4, 0.5) is 14.9 Å². The van der Waals surface area contributed by atoms with Gasteiger partial charge in [0.05, 0.1) is 0 Å². The average Bonchev–Trinajstić information content (AvgIpc) is 2.63. The van der Waals surface area contributed by atoms with Crippen LogP contribution >= 0.6 is 0 Å². The Morgan fingerprint density at radius 2 is 1.77 bits per heavy atom. The van der Waals surface area contributed by atoms with E-state index in [-0.39, 0.29) is 23.8 Å². The summed E-state index contributed by atoms with van der Waals surface area (Å²) in [5, 5.41) is 5.72. The molecule has 1 aliphatic rings. The monoisotopic (exact) mass is 355 g/mol. The van der Waals surface area contributed by atoms with Gasteiger partial charge in [0.1, 0.15) is 5.82 Å². The summed E-state index contributed by atoms with van der Waals surface area (Å²) in [6.07, 6.45) is 1.38. The highest BCUT2D eigenvalue weighted by atomic mass is 19.1. The van der Waals surface area contributed by atoms with Crippen LogP contribution in [0.1, 0.15) is 28.8 Å². The van der Waals surface area contributed by atoms with Gasteiger partial charge in [-0.05, 0) is 50.1 Å². The molecule has 26 heavy (non-hydrogen) atoms. The van der Waals surface area contributed by atoms with Gasteiger partial charge in [0, 0.05) is 30.4 Å². The van der Waals surface area contributed by atoms with Crippen molar-refractivity contribution < 1.29 is 14.0 Å². The highest BCUT2D eigenvalue weighted by molar-refractivity contribution is 5.94. The van der Waals surface area contributed by atoms with Crippen LogP contribution in [0.25, 0.3) is 0 Å². The molecule has 0 unspecified atom stereocenters. The van der Waals surface area contributed by atoms with E-state index in [4.69, 9.17) is 0 Å². The van der Waals surface area contributed by atoms with Gasteiger partial charge in [0.25, 0.3) is 5.91 Å². The zero-order valence-electron chi connectivity index (χ0n) is 14.7. The number of piperidine rings is 1. The predicted molar refractivity (Wildman–Crippen MR) is 98.7 cm³/mol. The lowest BCUT2D eigenvalue weighted by Gasteiger charge is -2.32. The van der Waals surface area contributed by atoms with Crippen molar-refractivity contribution in [1.29, 1.82) is 0 Å². The number of urea groups is 1. The van der Waals surface area contributed by atoms with Crippen LogP contribution in [0.5, 0.6) is 0 Å². The van der Waals surface area contributed by atoms with Gasteiger partial charge in [-0.1, -0.05) is 23.8 Å². The number of anilines is 1. The lowest BCUT2D eigenvalue weighted by Crippen LogP contribution is -2.47. The molecule has 6 heteroatoms. The predicted octanol–water partition coefficient (Wildman–Crippen LogP) is 3.56. The van der Waals surface area contributed by atoms with Crippen molar-refractivity contribution >= 4 is 17.6 Å². The molecule has 2 N–H and O–H groups in total. The van der Waals surface area contributed by atoms with Gasteiger partial charge in [0.2, 0.25) is 0 Å². The smallest absolute Gasteiger partial charge is 0.321 e. The third-order valence-corrected chi connectivity index (χ3v) is 4.51. The maximum absolute atomic E-state index is 13.2. The van der Waals surface area contributed by atoms with Crippen LogP contribution < -0.4 is 10.6 Å². The van der Waals surface area contributed by atoms with Crippen molar-refractivity contribution in [1.82, 2.24) is 10.2 Å². The Morgan fingerprint density at radius 1 is 1.08 bits per heavy atom. The summed E-state index contributed by atoms with van der Waals surface area (Å²) in [7, 11) is 0. The molecule has 1 saturated heterocycles. The topological polar surface area (TPSA) is 61.4 Å². The van der Waals surface area contributed by atoms with Crippen molar-refractivity contribution in [2.75, 3.05) is 18.4 Å². The summed E-state index contributed by atoms with van der Waals surface area (Å²) in [4.78, 5) is 26.2. The molecular weight excluding hydrogens is 333 g/mol. The highest BCUT2D eigenvalue weighted by Gasteiger charge is 2.24. The molecule has 0 atom stereocenters. The first-order chi connectivity index (χ1) is 12.5. The second-order valence-corrected chi connectivity index (χ2v) is 6.54. The number of halogens is 1. The van der Waals surface area contributed by atoms with E-state index in [0.29, 0.717) is 37.2 Å². The number of benzene rings is 2. The number of amides is 3. The van der Waals surface area contributed by atoms with E-state index in [1.165, 1.54) is 12.1 Å². The van der Waals surface area contributed by atoms with Crippen LogP contribution in [-0.4, -0.2) is 36.0 Å². The van der Waals surface area contributed by atoms with Crippen LogP contribution in [0.15, 0.2) is 48.5 Å². The third kappa shape index (κ3) is 4.59. The van der Waals surface area contributed by atoms with E-state index in [0.717, 1.165) is 5.56 Å². The second-order valence-electron chi connectivity index (χ2n) is 6.54. The minimum atomic E-state index is -0.389. The molecule has 0 spiro atoms. The minimum absolute atomic E-state index is 0.0435. The molecular formula is C20H22FN3O2. The zero-order chi connectivity index (χ0) is 18.5. The van der Waals surface area contributed by atoms with Gasteiger partial charge >= 0.3 is 6.03 Å². The van der Waals surface area contributed by atoms with E-state index in [9.17, 15) is 14.0 Å². The Morgan fingerprint density at radius 3 is 2.42 bits per heavy atom. The van der Waals surface area contributed by atoms with Gasteiger partial charge in [-0.25, -0.2) is 9.18 Å². The molecule has 3 amide bonds. The number of hydrogen-bond donors (Lipinski definition) is 2. The van der Waals surface area contributed by atoms with Crippen molar-refractivity contribution in [3.63, 3.8) is 0 Å². The first-order valence-electron chi connectivity index (χ1n) is 8.70. The minimum Gasteiger partial charge on any atom is -0.349 e. The number of carbonyl (C=O) groups excluding carboxylic acids is 2. The number of likely N-dealkylation sites (tertiary alicyclic amines) is 1. The number of rotatable bonds is 3. The van der Waals surface area contributed by atoms with E-state index in [1.807, 2.05) is 31.2 Å². The van der Waals surface area contributed by atoms with Gasteiger partial charge in [-0.15, -0.1) is 0 Å². The quantitative estimate of drug-likeness (QED) is 0.884. The highest BCUT2D eigenvalue weighted by Crippen LogP contribution is 2.15. The van der Waals surface area contributed by atoms with Crippen molar-refractivity contribution in [2.24, 2.45) is 0 Å². The van der Waals surface area contributed by atoms with Crippen LogP contribution in [0.3, 0.4) is 0 Å². The molecule has 1 fully saturated rings. The third-order valence-electron chi connectivity index (χ3n) is 4.51. The molecule has 0 aromatic heterocycles. The Bertz CT molecular complexity index is 784. The first kappa shape index (κ1) is 17.9. The standard InChI is InChI=1S/C20H22FN3O2/c1-14-5-7-15(8-6-14)19(25)22-17-9-11-24(12-10-17)20(26)23-18-4-2-3-16(21)13-18/h2-8,13,17H,9-12H2,1H3,(H,22,25)(H,23,26). The van der Waals surface area contributed by atoms with E-state index in [1.54, 1.807) is 17.0 Å². The maximum atomic E-state index is 13.2. The van der Waals surface area contributed by atoms with Crippen LogP contribution in [0.2, 0.25) is 0 Å². The number of aryl methyl sites for hydroxylation is 1. The number of nitrogens with one attached hydrogen (secondary N) is 2. The Hall–Kier alpha value is -2.89. The Kier molecular flexibility index (Phi) is 5.51. The largest absolute Gasteiger partial charge is 0.349 e. The van der Waals surface area contributed by atoms with Gasteiger partial charge in [-0.3, -0.25) is 4.79 Å². The fraction of sp³-hybridized carbons (Fsp3) is 0.300. The number of hydrogen-bond acceptors (Lipinski definition) is 2. The van der Waals surface area contributed by atoms with Crippen LogP contribution in [0, 0.1) is 12.7 Å². The molecule has 0 radical (unpaired) electrons. The fourth-order valence-corrected chi connectivity index (χ4v) is 2.97. The number of nitrogens with zero attached hydrogens (tertiary/aromatic N) is 1. The average molecular weight is 355 g/mol. The first-order valence-corrected chi connectivity index (χ1v) is 8.70. The molecule has 136 valence electrons. The van der Waals surface area contributed by atoms with Crippen molar-refractivity contribution in [3.05, 3.63) is 65.5 Å². The molecule has 3 rings (SSSR count). The lowest BCUT2D eigenvalue weighted by atomic mass is 10.0. The summed E-state index contributed by atoms with van der Waals surface area (Å²) in [6, 6.07) is 13.1. The number of carbonyl (C=O) groups is 2. The molecule has 0 bridgehead atoms. The second kappa shape index (κ2) is 7.99. The normalized spacial score (nSPS) is 14.8. The van der Waals surface area contributed by atoms with E-state index >= 15 is 0 Å². The molecule has 1 heterocycles. The van der Waals surface area contributed by atoms with Crippen molar-refractivity contribution in [3.8, 4) is 0 Å². The van der Waals surface area contributed by atoms with Gasteiger partial charge < -0.3 is 15.5 Å². The Balaban J connectivity index is 1.48. The lowest BCUT2D eigenvalue weighted by molar-refractivity contribution is 0.0919. The molecule has 2 aromatic rings. The van der Waals surface area contributed by atoms with Crippen molar-refractivity contribution in [2.45, 2.75) is 25.8 Å². The summed E-state index contributed by atoms with van der Waals surface area (Å²) in [6.45, 7) is 3.06. The molecule has 0 saturated carbocycles. The van der Waals surface area contributed by atoms with E-state index in [2.05, 4.69) is 10.6 Å². The van der Waals surface area contributed by atoms with E-state index < -0.39 is 0 Å². The van der Waals surface area contributed by atoms with Crippen LogP contribution in [-0.2, 0) is 0 Å². The summed E-state index contributed by atoms with van der Waals surface area (Å²) in [5.41, 5.74) is 2.19. The molecule has 0 aliphatic carbocycles. The molecule has 2 aromatic carbocycles. The Labute approximate surface area is 152 Å². The van der Waals surface area contributed by atoms with Gasteiger partial charge in [0.15, 0.2) is 0 Å². The maximum Gasteiger partial charge on any atom is 0.321 e. The molecule has 1 aliphatic heterocycles. The summed E-state index contributed by atoms with van der Waals surface area (Å²) in [5.74, 6) is -0.479.